The summed E-state index contributed by atoms with van der Waals surface area (Å²) in [5.41, 5.74) is -0.180. The van der Waals surface area contributed by atoms with E-state index in [1.54, 1.807) is 6.92 Å². The monoisotopic (exact) mass is 523 g/mol. The van der Waals surface area contributed by atoms with Crippen molar-refractivity contribution in [3.8, 4) is 0 Å². The SMILES string of the molecule is CC(=O)OC1C2C(=CC3C(O)C(C)=C(C)C4C(Cc5ccccc5)NC(=O)C314)CC(C)C(O)(C(C)=O)C2O. The Morgan fingerprint density at radius 1 is 1.11 bits per heavy atom. The van der Waals surface area contributed by atoms with Crippen LogP contribution in [-0.2, 0) is 25.5 Å². The maximum Gasteiger partial charge on any atom is 0.302 e. The summed E-state index contributed by atoms with van der Waals surface area (Å²) in [5, 5.41) is 37.8. The second kappa shape index (κ2) is 9.14. The Kier molecular flexibility index (Phi) is 6.44. The molecule has 0 bridgehead atoms. The van der Waals surface area contributed by atoms with Gasteiger partial charge in [-0.3, -0.25) is 14.4 Å². The number of esters is 1. The molecule has 0 aromatic heterocycles. The number of rotatable bonds is 4. The van der Waals surface area contributed by atoms with Crippen LogP contribution in [0.2, 0.25) is 0 Å². The fourth-order valence-electron chi connectivity index (χ4n) is 8.03. The first-order valence-electron chi connectivity index (χ1n) is 13.4. The molecular weight excluding hydrogens is 486 g/mol. The zero-order valence-electron chi connectivity index (χ0n) is 22.5. The van der Waals surface area contributed by atoms with Gasteiger partial charge in [-0.15, -0.1) is 0 Å². The number of hydrogen-bond acceptors (Lipinski definition) is 7. The molecule has 1 saturated carbocycles. The summed E-state index contributed by atoms with van der Waals surface area (Å²) in [5.74, 6) is -4.35. The first-order valence-corrected chi connectivity index (χ1v) is 13.4. The van der Waals surface area contributed by atoms with E-state index in [4.69, 9.17) is 4.74 Å². The van der Waals surface area contributed by atoms with Gasteiger partial charge in [0, 0.05) is 30.7 Å². The molecule has 5 rings (SSSR count). The lowest BCUT2D eigenvalue weighted by molar-refractivity contribution is -0.204. The van der Waals surface area contributed by atoms with Gasteiger partial charge in [0.05, 0.1) is 6.10 Å². The molecular formula is C30H37NO7. The maximum absolute atomic E-state index is 14.2. The van der Waals surface area contributed by atoms with Crippen LogP contribution < -0.4 is 5.32 Å². The number of aliphatic hydroxyl groups excluding tert-OH is 2. The minimum Gasteiger partial charge on any atom is -0.461 e. The van der Waals surface area contributed by atoms with Gasteiger partial charge in [0.25, 0.3) is 0 Å². The molecule has 2 fully saturated rings. The Morgan fingerprint density at radius 2 is 1.76 bits per heavy atom. The zero-order valence-corrected chi connectivity index (χ0v) is 22.5. The average molecular weight is 524 g/mol. The van der Waals surface area contributed by atoms with Crippen LogP contribution in [0.1, 0.15) is 46.6 Å². The number of aliphatic hydroxyl groups is 3. The summed E-state index contributed by atoms with van der Waals surface area (Å²) in [7, 11) is 0. The molecule has 1 amide bonds. The highest BCUT2D eigenvalue weighted by atomic mass is 16.5. The van der Waals surface area contributed by atoms with Crippen molar-refractivity contribution < 1.29 is 34.4 Å². The summed E-state index contributed by atoms with van der Waals surface area (Å²) in [6, 6.07) is 9.41. The van der Waals surface area contributed by atoms with E-state index in [1.807, 2.05) is 50.3 Å². The van der Waals surface area contributed by atoms with Gasteiger partial charge in [-0.1, -0.05) is 54.5 Å². The van der Waals surface area contributed by atoms with Crippen molar-refractivity contribution in [2.45, 2.75) is 77.4 Å². The van der Waals surface area contributed by atoms with Crippen molar-refractivity contribution in [2.24, 2.45) is 29.1 Å². The van der Waals surface area contributed by atoms with E-state index in [0.717, 1.165) is 16.7 Å². The molecule has 4 aliphatic rings. The van der Waals surface area contributed by atoms with Gasteiger partial charge in [-0.05, 0) is 50.7 Å². The largest absolute Gasteiger partial charge is 0.461 e. The first kappa shape index (κ1) is 26.8. The van der Waals surface area contributed by atoms with Crippen LogP contribution in [0.5, 0.6) is 0 Å². The van der Waals surface area contributed by atoms with E-state index < -0.39 is 64.8 Å². The topological polar surface area (TPSA) is 133 Å². The van der Waals surface area contributed by atoms with E-state index in [-0.39, 0.29) is 18.4 Å². The summed E-state index contributed by atoms with van der Waals surface area (Å²) in [6.07, 6.45) is -1.15. The molecule has 8 heteroatoms. The van der Waals surface area contributed by atoms with Crippen molar-refractivity contribution in [2.75, 3.05) is 0 Å². The summed E-state index contributed by atoms with van der Waals surface area (Å²) in [6.45, 7) is 7.94. The summed E-state index contributed by atoms with van der Waals surface area (Å²) in [4.78, 5) is 39.4. The van der Waals surface area contributed by atoms with Crippen LogP contribution in [0.25, 0.3) is 0 Å². The number of ketones is 1. The zero-order chi connectivity index (χ0) is 27.7. The number of benzene rings is 1. The quantitative estimate of drug-likeness (QED) is 0.350. The fourth-order valence-corrected chi connectivity index (χ4v) is 8.03. The molecule has 1 spiro atoms. The molecule has 1 aromatic rings. The van der Waals surface area contributed by atoms with Crippen LogP contribution in [0.3, 0.4) is 0 Å². The molecule has 1 heterocycles. The van der Waals surface area contributed by atoms with Crippen LogP contribution in [-0.4, -0.2) is 62.9 Å². The molecule has 0 radical (unpaired) electrons. The van der Waals surface area contributed by atoms with Gasteiger partial charge in [-0.2, -0.15) is 0 Å². The number of fused-ring (bicyclic) bond motifs is 1. The maximum atomic E-state index is 14.2. The molecule has 1 saturated heterocycles. The van der Waals surface area contributed by atoms with Gasteiger partial charge < -0.3 is 25.4 Å². The van der Waals surface area contributed by atoms with Crippen molar-refractivity contribution in [3.63, 3.8) is 0 Å². The number of carbonyl (C=O) groups excluding carboxylic acids is 3. The normalized spacial score (nSPS) is 41.9. The second-order valence-corrected chi connectivity index (χ2v) is 11.7. The van der Waals surface area contributed by atoms with Gasteiger partial charge in [-0.25, -0.2) is 0 Å². The Labute approximate surface area is 222 Å². The highest BCUT2D eigenvalue weighted by Crippen LogP contribution is 2.63. The first-order chi connectivity index (χ1) is 17.9. The molecule has 4 N–H and O–H groups in total. The number of carbonyl (C=O) groups is 3. The number of nitrogens with one attached hydrogen (secondary N) is 1. The van der Waals surface area contributed by atoms with Crippen LogP contribution in [0.15, 0.2) is 53.1 Å². The standard InChI is InChI=1S/C30H37NO7/c1-14-11-20-13-21-25(34)16(3)15(2)24-22(12-19-9-7-6-8-10-19)31-28(36)29(21,24)27(38-18(5)33)23(20)26(35)30(14,37)17(4)32/h6-10,13-14,21-27,34-35,37H,11-12H2,1-5H3,(H,31,36). The van der Waals surface area contributed by atoms with E-state index in [9.17, 15) is 29.7 Å². The Balaban J connectivity index is 1.73. The van der Waals surface area contributed by atoms with Crippen LogP contribution >= 0.6 is 0 Å². The van der Waals surface area contributed by atoms with Crippen LogP contribution in [0, 0.1) is 29.1 Å². The minimum atomic E-state index is -2.06. The van der Waals surface area contributed by atoms with Crippen molar-refractivity contribution in [3.05, 3.63) is 58.7 Å². The number of Topliss-reactive ketones (excluding diaryl/α,β-unsaturated/α-hetero) is 1. The van der Waals surface area contributed by atoms with Crippen molar-refractivity contribution >= 4 is 17.7 Å². The van der Waals surface area contributed by atoms with E-state index in [0.29, 0.717) is 12.0 Å². The van der Waals surface area contributed by atoms with Gasteiger partial charge >= 0.3 is 5.97 Å². The predicted octanol–water partition coefficient (Wildman–Crippen LogP) is 1.87. The van der Waals surface area contributed by atoms with E-state index in [2.05, 4.69) is 5.32 Å². The summed E-state index contributed by atoms with van der Waals surface area (Å²) >= 11 is 0. The lowest BCUT2D eigenvalue weighted by Gasteiger charge is -2.58. The summed E-state index contributed by atoms with van der Waals surface area (Å²) < 4.78 is 5.96. The van der Waals surface area contributed by atoms with Crippen molar-refractivity contribution in [1.82, 2.24) is 5.32 Å². The lowest BCUT2D eigenvalue weighted by Crippen LogP contribution is -2.69. The lowest BCUT2D eigenvalue weighted by atomic mass is 9.47. The number of ether oxygens (including phenoxy) is 1. The number of hydrogen-bond donors (Lipinski definition) is 4. The molecule has 10 unspecified atom stereocenters. The predicted molar refractivity (Wildman–Crippen MR) is 138 cm³/mol. The highest BCUT2D eigenvalue weighted by Gasteiger charge is 2.73. The third kappa shape index (κ3) is 3.50. The molecule has 204 valence electrons. The Hall–Kier alpha value is -2.81. The smallest absolute Gasteiger partial charge is 0.302 e. The van der Waals surface area contributed by atoms with Crippen LogP contribution in [0.4, 0.5) is 0 Å². The van der Waals surface area contributed by atoms with Gasteiger partial charge in [0.15, 0.2) is 11.4 Å². The molecule has 1 aliphatic heterocycles. The minimum absolute atomic E-state index is 0.260. The van der Waals surface area contributed by atoms with E-state index in [1.165, 1.54) is 13.8 Å². The molecule has 8 nitrogen and oxygen atoms in total. The van der Waals surface area contributed by atoms with E-state index >= 15 is 0 Å². The Bertz CT molecular complexity index is 1240. The molecule has 3 aliphatic carbocycles. The molecule has 10 atom stereocenters. The molecule has 1 aromatic carbocycles. The highest BCUT2D eigenvalue weighted by molar-refractivity contribution is 5.90. The average Bonchev–Trinajstić information content (AvgIpc) is 3.14. The second-order valence-electron chi connectivity index (χ2n) is 11.7. The molecule has 38 heavy (non-hydrogen) atoms. The fraction of sp³-hybridized carbons (Fsp3) is 0.567. The Morgan fingerprint density at radius 3 is 2.37 bits per heavy atom. The third-order valence-corrected chi connectivity index (χ3v) is 9.91. The third-order valence-electron chi connectivity index (χ3n) is 9.91. The van der Waals surface area contributed by atoms with Gasteiger partial charge in [0.2, 0.25) is 5.91 Å². The number of amides is 1. The van der Waals surface area contributed by atoms with Crippen molar-refractivity contribution in [1.29, 1.82) is 0 Å². The van der Waals surface area contributed by atoms with Gasteiger partial charge in [0.1, 0.15) is 17.6 Å².